The van der Waals surface area contributed by atoms with Crippen LogP contribution in [0.3, 0.4) is 0 Å². The molecule has 1 N–H and O–H groups in total. The van der Waals surface area contributed by atoms with Crippen molar-refractivity contribution in [1.82, 2.24) is 14.5 Å². The normalized spacial score (nSPS) is 12.1. The van der Waals surface area contributed by atoms with Gasteiger partial charge >= 0.3 is 5.97 Å². The van der Waals surface area contributed by atoms with Crippen LogP contribution in [0.1, 0.15) is 46.4 Å². The summed E-state index contributed by atoms with van der Waals surface area (Å²) in [7, 11) is 0. The molecule has 0 radical (unpaired) electrons. The van der Waals surface area contributed by atoms with Gasteiger partial charge < -0.3 is 19.0 Å². The second-order valence-electron chi connectivity index (χ2n) is 7.72. The van der Waals surface area contributed by atoms with Gasteiger partial charge in [0.25, 0.3) is 5.91 Å². The number of para-hydroxylation sites is 2. The van der Waals surface area contributed by atoms with Crippen molar-refractivity contribution in [1.29, 1.82) is 0 Å². The number of ether oxygens (including phenoxy) is 1. The molecule has 8 nitrogen and oxygen atoms in total. The fraction of sp³-hybridized carbons (Fsp3) is 0.154. The van der Waals surface area contributed by atoms with Crippen molar-refractivity contribution < 1.29 is 18.7 Å². The highest BCUT2D eigenvalue weighted by Gasteiger charge is 2.30. The fourth-order valence-electron chi connectivity index (χ4n) is 4.02. The minimum atomic E-state index is -0.592. The zero-order valence-corrected chi connectivity index (χ0v) is 18.7. The van der Waals surface area contributed by atoms with E-state index < -0.39 is 11.9 Å². The number of aromatic nitrogens is 3. The molecule has 0 spiro atoms. The van der Waals surface area contributed by atoms with Gasteiger partial charge in [-0.3, -0.25) is 4.79 Å². The standard InChI is InChI=1S/C26H22N4O4/c1-3-33-26(32)21-22-24(28-19-13-8-7-12-18(19)27-22)30(16(2)17-10-5-4-6-11-17)23(21)29-25(31)20-14-9-15-34-20/h4-16H,3H2,1-2H3,(H,29,31). The van der Waals surface area contributed by atoms with E-state index in [4.69, 9.17) is 19.1 Å². The summed E-state index contributed by atoms with van der Waals surface area (Å²) in [6.45, 7) is 3.88. The van der Waals surface area contributed by atoms with Crippen molar-refractivity contribution in [3.63, 3.8) is 0 Å². The maximum atomic E-state index is 13.2. The van der Waals surface area contributed by atoms with Gasteiger partial charge in [-0.05, 0) is 43.7 Å². The largest absolute Gasteiger partial charge is 0.462 e. The van der Waals surface area contributed by atoms with Gasteiger partial charge in [-0.1, -0.05) is 42.5 Å². The smallest absolute Gasteiger partial charge is 0.344 e. The molecule has 170 valence electrons. The third-order valence-corrected chi connectivity index (χ3v) is 5.62. The first-order chi connectivity index (χ1) is 16.6. The summed E-state index contributed by atoms with van der Waals surface area (Å²) < 4.78 is 12.5. The number of amides is 1. The summed E-state index contributed by atoms with van der Waals surface area (Å²) in [4.78, 5) is 35.8. The number of hydrogen-bond acceptors (Lipinski definition) is 6. The summed E-state index contributed by atoms with van der Waals surface area (Å²) in [5.74, 6) is -0.721. The zero-order chi connectivity index (χ0) is 23.7. The fourth-order valence-corrected chi connectivity index (χ4v) is 4.02. The number of carbonyl (C=O) groups excluding carboxylic acids is 2. The lowest BCUT2D eigenvalue weighted by molar-refractivity contribution is 0.0529. The lowest BCUT2D eigenvalue weighted by Gasteiger charge is -2.19. The molecule has 0 aliphatic carbocycles. The van der Waals surface area contributed by atoms with Gasteiger partial charge in [0, 0.05) is 0 Å². The quantitative estimate of drug-likeness (QED) is 0.353. The SMILES string of the molecule is CCOC(=O)c1c(NC(=O)c2ccco2)n(C(C)c2ccccc2)c2nc3ccccc3nc12. The maximum absolute atomic E-state index is 13.2. The first-order valence-electron chi connectivity index (χ1n) is 11.0. The van der Waals surface area contributed by atoms with Gasteiger partial charge in [0.05, 0.1) is 29.9 Å². The predicted octanol–water partition coefficient (Wildman–Crippen LogP) is 5.22. The van der Waals surface area contributed by atoms with E-state index in [0.29, 0.717) is 22.2 Å². The van der Waals surface area contributed by atoms with Crippen LogP contribution in [0.25, 0.3) is 22.2 Å². The average molecular weight is 454 g/mol. The van der Waals surface area contributed by atoms with Crippen LogP contribution in [-0.2, 0) is 4.74 Å². The second kappa shape index (κ2) is 8.82. The zero-order valence-electron chi connectivity index (χ0n) is 18.7. The van der Waals surface area contributed by atoms with Crippen LogP contribution in [0, 0.1) is 0 Å². The minimum Gasteiger partial charge on any atom is -0.462 e. The lowest BCUT2D eigenvalue weighted by atomic mass is 10.1. The number of fused-ring (bicyclic) bond motifs is 2. The molecule has 3 aromatic heterocycles. The number of esters is 1. The third-order valence-electron chi connectivity index (χ3n) is 5.62. The highest BCUT2D eigenvalue weighted by molar-refractivity contribution is 6.13. The van der Waals surface area contributed by atoms with E-state index in [9.17, 15) is 9.59 Å². The van der Waals surface area contributed by atoms with E-state index in [1.807, 2.05) is 66.1 Å². The molecule has 34 heavy (non-hydrogen) atoms. The molecule has 3 heterocycles. The summed E-state index contributed by atoms with van der Waals surface area (Å²) >= 11 is 0. The van der Waals surface area contributed by atoms with Crippen LogP contribution in [0.4, 0.5) is 5.82 Å². The monoisotopic (exact) mass is 454 g/mol. The number of rotatable bonds is 6. The Morgan fingerprint density at radius 2 is 1.71 bits per heavy atom. The maximum Gasteiger partial charge on any atom is 0.344 e. The third kappa shape index (κ3) is 3.69. The van der Waals surface area contributed by atoms with E-state index in [0.717, 1.165) is 5.56 Å². The Hall–Kier alpha value is -4.46. The van der Waals surface area contributed by atoms with Crippen molar-refractivity contribution in [3.8, 4) is 0 Å². The summed E-state index contributed by atoms with van der Waals surface area (Å²) in [6.07, 6.45) is 1.42. The average Bonchev–Trinajstić information content (AvgIpc) is 3.49. The highest BCUT2D eigenvalue weighted by atomic mass is 16.5. The van der Waals surface area contributed by atoms with E-state index in [2.05, 4.69) is 5.32 Å². The Kier molecular flexibility index (Phi) is 5.55. The van der Waals surface area contributed by atoms with Gasteiger partial charge in [-0.2, -0.15) is 0 Å². The minimum absolute atomic E-state index is 0.116. The Morgan fingerprint density at radius 1 is 1.00 bits per heavy atom. The summed E-state index contributed by atoms with van der Waals surface area (Å²) in [6, 6.07) is 20.1. The van der Waals surface area contributed by atoms with Crippen LogP contribution in [-0.4, -0.2) is 33.0 Å². The molecule has 1 atom stereocenters. The number of benzene rings is 2. The molecule has 1 unspecified atom stereocenters. The molecule has 2 aromatic carbocycles. The molecule has 0 saturated heterocycles. The van der Waals surface area contributed by atoms with E-state index in [-0.39, 0.29) is 29.8 Å². The number of furan rings is 1. The number of nitrogens with one attached hydrogen (secondary N) is 1. The highest BCUT2D eigenvalue weighted by Crippen LogP contribution is 2.36. The Morgan fingerprint density at radius 3 is 2.38 bits per heavy atom. The first kappa shape index (κ1) is 21.4. The van der Waals surface area contributed by atoms with Crippen LogP contribution in [0.2, 0.25) is 0 Å². The van der Waals surface area contributed by atoms with Crippen molar-refractivity contribution in [2.75, 3.05) is 11.9 Å². The molecule has 0 aliphatic rings. The first-order valence-corrected chi connectivity index (χ1v) is 11.0. The number of carbonyl (C=O) groups is 2. The van der Waals surface area contributed by atoms with Gasteiger partial charge in [0.15, 0.2) is 11.4 Å². The number of nitrogens with zero attached hydrogens (tertiary/aromatic N) is 3. The topological polar surface area (TPSA) is 99.2 Å². The molecule has 5 aromatic rings. The van der Waals surface area contributed by atoms with Gasteiger partial charge in [-0.15, -0.1) is 0 Å². The summed E-state index contributed by atoms with van der Waals surface area (Å²) in [5.41, 5.74) is 3.25. The van der Waals surface area contributed by atoms with Gasteiger partial charge in [-0.25, -0.2) is 14.8 Å². The Labute approximate surface area is 195 Å². The molecule has 0 fully saturated rings. The predicted molar refractivity (Wildman–Crippen MR) is 128 cm³/mol. The van der Waals surface area contributed by atoms with Crippen molar-refractivity contribution >= 4 is 39.9 Å². The molecule has 1 amide bonds. The molecular weight excluding hydrogens is 432 g/mol. The van der Waals surface area contributed by atoms with E-state index in [1.165, 1.54) is 6.26 Å². The van der Waals surface area contributed by atoms with Crippen LogP contribution in [0.5, 0.6) is 0 Å². The lowest BCUT2D eigenvalue weighted by Crippen LogP contribution is -2.19. The Balaban J connectivity index is 1.82. The van der Waals surface area contributed by atoms with Crippen LogP contribution >= 0.6 is 0 Å². The van der Waals surface area contributed by atoms with Gasteiger partial charge in [0.1, 0.15) is 16.9 Å². The molecule has 0 saturated carbocycles. The summed E-state index contributed by atoms with van der Waals surface area (Å²) in [5, 5.41) is 2.86. The molecule has 0 aliphatic heterocycles. The second-order valence-corrected chi connectivity index (χ2v) is 7.72. The van der Waals surface area contributed by atoms with Crippen molar-refractivity contribution in [2.24, 2.45) is 0 Å². The number of anilines is 1. The number of hydrogen-bond donors (Lipinski definition) is 1. The molecule has 0 bridgehead atoms. The molecule has 8 heteroatoms. The van der Waals surface area contributed by atoms with Crippen molar-refractivity contribution in [2.45, 2.75) is 19.9 Å². The molecule has 5 rings (SSSR count). The van der Waals surface area contributed by atoms with Crippen LogP contribution in [0.15, 0.2) is 77.4 Å². The van der Waals surface area contributed by atoms with Gasteiger partial charge in [0.2, 0.25) is 0 Å². The van der Waals surface area contributed by atoms with E-state index >= 15 is 0 Å². The van der Waals surface area contributed by atoms with Crippen molar-refractivity contribution in [3.05, 3.63) is 89.9 Å². The van der Waals surface area contributed by atoms with Crippen LogP contribution < -0.4 is 5.32 Å². The Bertz CT molecular complexity index is 1490. The van der Waals surface area contributed by atoms with E-state index in [1.54, 1.807) is 19.1 Å². The molecular formula is C26H22N4O4.